The third-order valence-corrected chi connectivity index (χ3v) is 3.08. The Kier molecular flexibility index (Phi) is 3.09. The largest absolute Gasteiger partial charge is 0.481 e. The van der Waals surface area contributed by atoms with E-state index in [1.165, 1.54) is 16.7 Å². The Balaban J connectivity index is 2.32. The van der Waals surface area contributed by atoms with Gasteiger partial charge in [0.2, 0.25) is 0 Å². The standard InChI is InChI=1S/C14H16O2/c1-2-5-10-8-11-6-3-4-7-12(11)13(10)9-14(15)16/h3-4,6-8,13H,2,5,9H2,1H3,(H,15,16). The van der Waals surface area contributed by atoms with Crippen molar-refractivity contribution in [2.24, 2.45) is 0 Å². The molecule has 0 heterocycles. The Morgan fingerprint density at radius 2 is 2.12 bits per heavy atom. The predicted octanol–water partition coefficient (Wildman–Crippen LogP) is 3.44. The second kappa shape index (κ2) is 4.52. The van der Waals surface area contributed by atoms with Crippen molar-refractivity contribution in [1.82, 2.24) is 0 Å². The van der Waals surface area contributed by atoms with Gasteiger partial charge in [0.1, 0.15) is 0 Å². The topological polar surface area (TPSA) is 37.3 Å². The SMILES string of the molecule is CCCC1=Cc2ccccc2C1CC(=O)O. The maximum atomic E-state index is 10.9. The molecule has 16 heavy (non-hydrogen) atoms. The van der Waals surface area contributed by atoms with E-state index in [-0.39, 0.29) is 12.3 Å². The number of hydrogen-bond acceptors (Lipinski definition) is 1. The molecule has 0 spiro atoms. The van der Waals surface area contributed by atoms with E-state index in [1.807, 2.05) is 18.2 Å². The Morgan fingerprint density at radius 1 is 1.38 bits per heavy atom. The molecule has 1 unspecified atom stereocenters. The van der Waals surface area contributed by atoms with Crippen LogP contribution in [-0.2, 0) is 4.79 Å². The van der Waals surface area contributed by atoms with Crippen LogP contribution in [0.25, 0.3) is 6.08 Å². The molecule has 1 aromatic carbocycles. The Morgan fingerprint density at radius 3 is 2.81 bits per heavy atom. The highest BCUT2D eigenvalue weighted by atomic mass is 16.4. The summed E-state index contributed by atoms with van der Waals surface area (Å²) in [6.45, 7) is 2.13. The van der Waals surface area contributed by atoms with Crippen LogP contribution >= 0.6 is 0 Å². The maximum absolute atomic E-state index is 10.9. The van der Waals surface area contributed by atoms with E-state index in [0.29, 0.717) is 0 Å². The molecule has 0 bridgehead atoms. The highest BCUT2D eigenvalue weighted by Crippen LogP contribution is 2.40. The molecular weight excluding hydrogens is 200 g/mol. The fourth-order valence-corrected chi connectivity index (χ4v) is 2.41. The molecule has 0 fully saturated rings. The molecule has 0 aliphatic heterocycles. The minimum atomic E-state index is -0.719. The highest BCUT2D eigenvalue weighted by Gasteiger charge is 2.26. The third kappa shape index (κ3) is 2.01. The van der Waals surface area contributed by atoms with Gasteiger partial charge in [-0.1, -0.05) is 49.3 Å². The van der Waals surface area contributed by atoms with Crippen LogP contribution in [0.15, 0.2) is 29.8 Å². The number of allylic oxidation sites excluding steroid dienone is 1. The molecule has 1 aliphatic rings. The second-order valence-electron chi connectivity index (χ2n) is 4.25. The first-order chi connectivity index (χ1) is 7.72. The fourth-order valence-electron chi connectivity index (χ4n) is 2.41. The highest BCUT2D eigenvalue weighted by molar-refractivity contribution is 5.74. The summed E-state index contributed by atoms with van der Waals surface area (Å²) in [5, 5.41) is 8.96. The van der Waals surface area contributed by atoms with Crippen LogP contribution in [0.1, 0.15) is 43.2 Å². The van der Waals surface area contributed by atoms with Crippen LogP contribution in [0.5, 0.6) is 0 Å². The number of hydrogen-bond donors (Lipinski definition) is 1. The van der Waals surface area contributed by atoms with Gasteiger partial charge in [-0.3, -0.25) is 4.79 Å². The van der Waals surface area contributed by atoms with Crippen LogP contribution in [-0.4, -0.2) is 11.1 Å². The first-order valence-electron chi connectivity index (χ1n) is 5.73. The first kappa shape index (κ1) is 10.9. The van der Waals surface area contributed by atoms with Crippen molar-refractivity contribution in [2.45, 2.75) is 32.1 Å². The number of carbonyl (C=O) groups is 1. The van der Waals surface area contributed by atoms with Crippen molar-refractivity contribution in [3.63, 3.8) is 0 Å². The average molecular weight is 216 g/mol. The van der Waals surface area contributed by atoms with Crippen LogP contribution in [0, 0.1) is 0 Å². The third-order valence-electron chi connectivity index (χ3n) is 3.08. The lowest BCUT2D eigenvalue weighted by Gasteiger charge is -2.13. The van der Waals surface area contributed by atoms with Crippen LogP contribution in [0.4, 0.5) is 0 Å². The average Bonchev–Trinajstić information content (AvgIpc) is 2.57. The summed E-state index contributed by atoms with van der Waals surface area (Å²) >= 11 is 0. The summed E-state index contributed by atoms with van der Waals surface area (Å²) in [7, 11) is 0. The van der Waals surface area contributed by atoms with Gasteiger partial charge in [-0.25, -0.2) is 0 Å². The van der Waals surface area contributed by atoms with E-state index in [0.717, 1.165) is 12.8 Å². The number of aliphatic carboxylic acids is 1. The van der Waals surface area contributed by atoms with Gasteiger partial charge < -0.3 is 5.11 Å². The maximum Gasteiger partial charge on any atom is 0.304 e. The summed E-state index contributed by atoms with van der Waals surface area (Å²) in [4.78, 5) is 10.9. The molecule has 1 atom stereocenters. The van der Waals surface area contributed by atoms with Crippen LogP contribution in [0.3, 0.4) is 0 Å². The lowest BCUT2D eigenvalue weighted by Crippen LogP contribution is -2.06. The van der Waals surface area contributed by atoms with Gasteiger partial charge in [0.25, 0.3) is 0 Å². The molecular formula is C14H16O2. The number of fused-ring (bicyclic) bond motifs is 1. The smallest absolute Gasteiger partial charge is 0.304 e. The summed E-state index contributed by atoms with van der Waals surface area (Å²) in [6, 6.07) is 8.09. The first-order valence-corrected chi connectivity index (χ1v) is 5.73. The zero-order chi connectivity index (χ0) is 11.5. The van der Waals surface area contributed by atoms with E-state index >= 15 is 0 Å². The van der Waals surface area contributed by atoms with E-state index in [9.17, 15) is 4.79 Å². The van der Waals surface area contributed by atoms with E-state index in [4.69, 9.17) is 5.11 Å². The zero-order valence-electron chi connectivity index (χ0n) is 9.44. The van der Waals surface area contributed by atoms with Gasteiger partial charge in [0.05, 0.1) is 6.42 Å². The number of benzene rings is 1. The fraction of sp³-hybridized carbons (Fsp3) is 0.357. The molecule has 0 saturated carbocycles. The van der Waals surface area contributed by atoms with Gasteiger partial charge in [-0.2, -0.15) is 0 Å². The van der Waals surface area contributed by atoms with Crippen molar-refractivity contribution in [2.75, 3.05) is 0 Å². The van der Waals surface area contributed by atoms with Gasteiger partial charge in [-0.05, 0) is 17.5 Å². The number of carboxylic acid groups (broad SMARTS) is 1. The molecule has 1 N–H and O–H groups in total. The molecule has 84 valence electrons. The van der Waals surface area contributed by atoms with E-state index in [2.05, 4.69) is 19.1 Å². The van der Waals surface area contributed by atoms with Gasteiger partial charge in [0.15, 0.2) is 0 Å². The monoisotopic (exact) mass is 216 g/mol. The van der Waals surface area contributed by atoms with Gasteiger partial charge in [-0.15, -0.1) is 0 Å². The molecule has 0 saturated heterocycles. The number of carboxylic acids is 1. The van der Waals surface area contributed by atoms with Gasteiger partial charge >= 0.3 is 5.97 Å². The van der Waals surface area contributed by atoms with Crippen molar-refractivity contribution in [3.8, 4) is 0 Å². The summed E-state index contributed by atoms with van der Waals surface area (Å²) < 4.78 is 0. The molecule has 2 heteroatoms. The lowest BCUT2D eigenvalue weighted by molar-refractivity contribution is -0.137. The molecule has 0 amide bonds. The minimum absolute atomic E-state index is 0.0913. The van der Waals surface area contributed by atoms with E-state index in [1.54, 1.807) is 0 Å². The molecule has 0 aromatic heterocycles. The zero-order valence-corrected chi connectivity index (χ0v) is 9.44. The van der Waals surface area contributed by atoms with Crippen molar-refractivity contribution in [3.05, 3.63) is 41.0 Å². The molecule has 1 aromatic rings. The van der Waals surface area contributed by atoms with Crippen molar-refractivity contribution in [1.29, 1.82) is 0 Å². The number of rotatable bonds is 4. The second-order valence-corrected chi connectivity index (χ2v) is 4.25. The van der Waals surface area contributed by atoms with Gasteiger partial charge in [0, 0.05) is 5.92 Å². The molecule has 2 rings (SSSR count). The molecule has 0 radical (unpaired) electrons. The summed E-state index contributed by atoms with van der Waals surface area (Å²) in [6.07, 6.45) is 4.43. The summed E-state index contributed by atoms with van der Waals surface area (Å²) in [5.41, 5.74) is 3.64. The molecule has 1 aliphatic carbocycles. The van der Waals surface area contributed by atoms with Crippen LogP contribution < -0.4 is 0 Å². The predicted molar refractivity (Wildman–Crippen MR) is 64.3 cm³/mol. The quantitative estimate of drug-likeness (QED) is 0.837. The van der Waals surface area contributed by atoms with Crippen molar-refractivity contribution >= 4 is 12.0 Å². The Bertz CT molecular complexity index is 432. The van der Waals surface area contributed by atoms with E-state index < -0.39 is 5.97 Å². The summed E-state index contributed by atoms with van der Waals surface area (Å²) in [5.74, 6) is -0.627. The normalized spacial score (nSPS) is 18.1. The Labute approximate surface area is 95.6 Å². The lowest BCUT2D eigenvalue weighted by atomic mass is 9.90. The minimum Gasteiger partial charge on any atom is -0.481 e. The Hall–Kier alpha value is -1.57. The van der Waals surface area contributed by atoms with Crippen molar-refractivity contribution < 1.29 is 9.90 Å². The molecule has 2 nitrogen and oxygen atoms in total. The van der Waals surface area contributed by atoms with Crippen LogP contribution in [0.2, 0.25) is 0 Å².